The molecule has 5 nitrogen and oxygen atoms in total. The van der Waals surface area contributed by atoms with Gasteiger partial charge in [-0.15, -0.1) is 34.4 Å². The van der Waals surface area contributed by atoms with Crippen molar-refractivity contribution in [2.24, 2.45) is 0 Å². The van der Waals surface area contributed by atoms with Crippen molar-refractivity contribution in [3.63, 3.8) is 0 Å². The average Bonchev–Trinajstić information content (AvgIpc) is 3.39. The molecule has 8 heteroatoms. The lowest BCUT2D eigenvalue weighted by atomic mass is 10.1. The number of benzene rings is 1. The quantitative estimate of drug-likeness (QED) is 0.485. The maximum Gasteiger partial charge on any atom is 0.258 e. The highest BCUT2D eigenvalue weighted by Gasteiger charge is 2.17. The summed E-state index contributed by atoms with van der Waals surface area (Å²) in [4.78, 5) is 30.8. The van der Waals surface area contributed by atoms with E-state index in [0.717, 1.165) is 10.4 Å². The number of nitrogens with zero attached hydrogens (tertiary/aromatic N) is 2. The van der Waals surface area contributed by atoms with Crippen LogP contribution in [0.4, 0.5) is 0 Å². The van der Waals surface area contributed by atoms with Crippen LogP contribution in [0.3, 0.4) is 0 Å². The molecule has 0 aliphatic carbocycles. The fourth-order valence-electron chi connectivity index (χ4n) is 2.83. The van der Waals surface area contributed by atoms with Crippen LogP contribution < -0.4 is 10.9 Å². The van der Waals surface area contributed by atoms with E-state index in [1.807, 2.05) is 53.2 Å². The number of thiophene rings is 1. The van der Waals surface area contributed by atoms with Crippen molar-refractivity contribution < 1.29 is 4.79 Å². The van der Waals surface area contributed by atoms with E-state index in [-0.39, 0.29) is 17.5 Å². The molecule has 1 aromatic carbocycles. The Labute approximate surface area is 174 Å². The van der Waals surface area contributed by atoms with E-state index < -0.39 is 0 Å². The van der Waals surface area contributed by atoms with E-state index >= 15 is 0 Å². The highest BCUT2D eigenvalue weighted by atomic mass is 32.2. The van der Waals surface area contributed by atoms with Crippen LogP contribution in [0.25, 0.3) is 4.96 Å². The number of thioether (sulfide) groups is 1. The summed E-state index contributed by atoms with van der Waals surface area (Å²) < 4.78 is 1.52. The van der Waals surface area contributed by atoms with Crippen molar-refractivity contribution in [2.75, 3.05) is 5.75 Å². The maximum atomic E-state index is 12.5. The number of hydrogen-bond acceptors (Lipinski definition) is 6. The second kappa shape index (κ2) is 8.72. The number of nitrogens with one attached hydrogen (secondary N) is 1. The first-order chi connectivity index (χ1) is 13.7. The molecule has 0 unspecified atom stereocenters. The number of thiazole rings is 1. The second-order valence-corrected chi connectivity index (χ2v) is 8.90. The van der Waals surface area contributed by atoms with Gasteiger partial charge in [-0.2, -0.15) is 0 Å². The number of carbonyl (C=O) groups excluding carboxylic acids is 1. The molecule has 1 atom stereocenters. The predicted octanol–water partition coefficient (Wildman–Crippen LogP) is 3.96. The van der Waals surface area contributed by atoms with Gasteiger partial charge in [0.1, 0.15) is 0 Å². The topological polar surface area (TPSA) is 63.5 Å². The Bertz CT molecular complexity index is 1120. The standard InChI is InChI=1S/C20H17N3O2S3/c24-17(13-26-12-15-11-18(25)23-8-10-28-20(23)21-15)22-19(16-7-4-9-27-16)14-5-2-1-3-6-14/h1-11,19H,12-13H2,(H,22,24)/t19-/m0/s1. The van der Waals surface area contributed by atoms with Gasteiger partial charge in [0.05, 0.1) is 17.5 Å². The normalized spacial score (nSPS) is 12.1. The Morgan fingerprint density at radius 2 is 2.00 bits per heavy atom. The molecule has 0 fully saturated rings. The number of carbonyl (C=O) groups is 1. The Morgan fingerprint density at radius 3 is 2.79 bits per heavy atom. The summed E-state index contributed by atoms with van der Waals surface area (Å²) in [5.41, 5.74) is 1.66. The van der Waals surface area contributed by atoms with Crippen molar-refractivity contribution in [3.05, 3.63) is 92.0 Å². The van der Waals surface area contributed by atoms with Gasteiger partial charge in [-0.05, 0) is 17.0 Å². The molecule has 0 aliphatic heterocycles. The molecule has 0 saturated carbocycles. The summed E-state index contributed by atoms with van der Waals surface area (Å²) in [5.74, 6) is 0.785. The third kappa shape index (κ3) is 4.35. The summed E-state index contributed by atoms with van der Waals surface area (Å²) in [6, 6.07) is 15.3. The fourth-order valence-corrected chi connectivity index (χ4v) is 5.10. The second-order valence-electron chi connectivity index (χ2n) is 6.06. The van der Waals surface area contributed by atoms with Crippen LogP contribution in [0.5, 0.6) is 0 Å². The van der Waals surface area contributed by atoms with Crippen LogP contribution in [0.1, 0.15) is 22.2 Å². The van der Waals surface area contributed by atoms with Gasteiger partial charge in [-0.1, -0.05) is 36.4 Å². The van der Waals surface area contributed by atoms with Gasteiger partial charge < -0.3 is 5.32 Å². The molecule has 28 heavy (non-hydrogen) atoms. The molecule has 3 heterocycles. The third-order valence-electron chi connectivity index (χ3n) is 4.11. The van der Waals surface area contributed by atoms with E-state index in [1.54, 1.807) is 17.5 Å². The maximum absolute atomic E-state index is 12.5. The largest absolute Gasteiger partial charge is 0.344 e. The molecular formula is C20H17N3O2S3. The molecular weight excluding hydrogens is 410 g/mol. The van der Waals surface area contributed by atoms with Crippen molar-refractivity contribution >= 4 is 45.3 Å². The van der Waals surface area contributed by atoms with E-state index in [2.05, 4.69) is 10.3 Å². The zero-order chi connectivity index (χ0) is 19.3. The Hall–Kier alpha value is -2.42. The minimum Gasteiger partial charge on any atom is -0.344 e. The van der Waals surface area contributed by atoms with E-state index in [4.69, 9.17) is 0 Å². The van der Waals surface area contributed by atoms with Gasteiger partial charge in [0.2, 0.25) is 5.91 Å². The minimum atomic E-state index is -0.153. The number of rotatable bonds is 7. The zero-order valence-electron chi connectivity index (χ0n) is 14.8. The van der Waals surface area contributed by atoms with Crippen molar-refractivity contribution in [2.45, 2.75) is 11.8 Å². The molecule has 142 valence electrons. The molecule has 0 radical (unpaired) electrons. The molecule has 4 aromatic rings. The molecule has 0 spiro atoms. The van der Waals surface area contributed by atoms with Crippen LogP contribution >= 0.6 is 34.4 Å². The van der Waals surface area contributed by atoms with E-state index in [0.29, 0.717) is 22.2 Å². The van der Waals surface area contributed by atoms with Crippen LogP contribution in [-0.4, -0.2) is 21.0 Å². The zero-order valence-corrected chi connectivity index (χ0v) is 17.2. The van der Waals surface area contributed by atoms with Crippen molar-refractivity contribution in [1.29, 1.82) is 0 Å². The van der Waals surface area contributed by atoms with Crippen LogP contribution in [0.2, 0.25) is 0 Å². The summed E-state index contributed by atoms with van der Waals surface area (Å²) >= 11 is 4.50. The summed E-state index contributed by atoms with van der Waals surface area (Å²) in [6.07, 6.45) is 1.72. The van der Waals surface area contributed by atoms with Gasteiger partial charge in [-0.25, -0.2) is 4.98 Å². The summed E-state index contributed by atoms with van der Waals surface area (Å²) in [5, 5.41) is 6.97. The lowest BCUT2D eigenvalue weighted by molar-refractivity contribution is -0.119. The smallest absolute Gasteiger partial charge is 0.258 e. The first-order valence-corrected chi connectivity index (χ1v) is 11.5. The lowest BCUT2D eigenvalue weighted by Crippen LogP contribution is -2.30. The third-order valence-corrected chi connectivity index (χ3v) is 6.77. The van der Waals surface area contributed by atoms with E-state index in [1.165, 1.54) is 33.6 Å². The minimum absolute atomic E-state index is 0.0406. The molecule has 0 aliphatic rings. The molecule has 0 bridgehead atoms. The Balaban J connectivity index is 1.39. The summed E-state index contributed by atoms with van der Waals surface area (Å²) in [6.45, 7) is 0. The number of fused-ring (bicyclic) bond motifs is 1. The van der Waals surface area contributed by atoms with Gasteiger partial charge in [-0.3, -0.25) is 14.0 Å². The molecule has 3 aromatic heterocycles. The van der Waals surface area contributed by atoms with Crippen LogP contribution in [0, 0.1) is 0 Å². The number of hydrogen-bond donors (Lipinski definition) is 1. The van der Waals surface area contributed by atoms with Crippen LogP contribution in [0.15, 0.2) is 70.3 Å². The highest BCUT2D eigenvalue weighted by Crippen LogP contribution is 2.26. The molecule has 1 N–H and O–H groups in total. The lowest BCUT2D eigenvalue weighted by Gasteiger charge is -2.18. The Kier molecular flexibility index (Phi) is 5.90. The van der Waals surface area contributed by atoms with Gasteiger partial charge >= 0.3 is 0 Å². The number of amides is 1. The Morgan fingerprint density at radius 1 is 1.14 bits per heavy atom. The summed E-state index contributed by atoms with van der Waals surface area (Å²) in [7, 11) is 0. The van der Waals surface area contributed by atoms with Gasteiger partial charge in [0.15, 0.2) is 4.96 Å². The molecule has 1 amide bonds. The van der Waals surface area contributed by atoms with Crippen molar-refractivity contribution in [3.8, 4) is 0 Å². The SMILES string of the molecule is O=C(CSCc1cc(=O)n2ccsc2n1)N[C@@H](c1ccccc1)c1cccs1. The first kappa shape index (κ1) is 18.9. The van der Waals surface area contributed by atoms with Crippen LogP contribution in [-0.2, 0) is 10.5 Å². The predicted molar refractivity (Wildman–Crippen MR) is 116 cm³/mol. The highest BCUT2D eigenvalue weighted by molar-refractivity contribution is 7.99. The average molecular weight is 428 g/mol. The van der Waals surface area contributed by atoms with Gasteiger partial charge in [0, 0.05) is 28.3 Å². The van der Waals surface area contributed by atoms with Crippen molar-refractivity contribution in [1.82, 2.24) is 14.7 Å². The van der Waals surface area contributed by atoms with Gasteiger partial charge in [0.25, 0.3) is 5.56 Å². The van der Waals surface area contributed by atoms with E-state index in [9.17, 15) is 9.59 Å². The molecule has 4 rings (SSSR count). The first-order valence-electron chi connectivity index (χ1n) is 8.62. The number of aromatic nitrogens is 2. The fraction of sp³-hybridized carbons (Fsp3) is 0.150. The monoisotopic (exact) mass is 427 g/mol. The molecule has 0 saturated heterocycles.